The number of hydrogen-bond acceptors (Lipinski definition) is 4. The van der Waals surface area contributed by atoms with Crippen molar-refractivity contribution >= 4 is 12.0 Å². The van der Waals surface area contributed by atoms with Gasteiger partial charge in [-0.3, -0.25) is 4.79 Å². The van der Waals surface area contributed by atoms with E-state index in [1.54, 1.807) is 11.9 Å². The van der Waals surface area contributed by atoms with E-state index in [1.807, 2.05) is 27.7 Å². The monoisotopic (exact) mass is 286 g/mol. The van der Waals surface area contributed by atoms with Gasteiger partial charge in [-0.05, 0) is 40.5 Å². The van der Waals surface area contributed by atoms with Crippen LogP contribution in [0.5, 0.6) is 0 Å². The number of nitrogens with one attached hydrogen (secondary N) is 1. The molecule has 1 saturated heterocycles. The number of rotatable bonds is 3. The van der Waals surface area contributed by atoms with Crippen molar-refractivity contribution in [3.05, 3.63) is 0 Å². The van der Waals surface area contributed by atoms with E-state index in [2.05, 4.69) is 5.32 Å². The number of amides is 2. The van der Waals surface area contributed by atoms with Crippen molar-refractivity contribution in [1.29, 1.82) is 0 Å². The van der Waals surface area contributed by atoms with Crippen LogP contribution in [-0.4, -0.2) is 54.8 Å². The first kappa shape index (κ1) is 16.8. The van der Waals surface area contributed by atoms with Crippen LogP contribution in [0.1, 0.15) is 40.5 Å². The molecule has 0 spiro atoms. The summed E-state index contributed by atoms with van der Waals surface area (Å²) in [5, 5.41) is 2.53. The lowest BCUT2D eigenvalue weighted by atomic mass is 9.93. The maximum absolute atomic E-state index is 11.9. The summed E-state index contributed by atoms with van der Waals surface area (Å²) in [5.74, 6) is -0.138. The van der Waals surface area contributed by atoms with Crippen molar-refractivity contribution in [2.75, 3.05) is 26.7 Å². The standard InChI is InChI=1S/C14H26N2O4/c1-13(2,3)20-12(18)16-8-6-14(4,7-9-16)19-10-11(17)15-5/h6-10H2,1-5H3,(H,15,17). The molecule has 1 heterocycles. The van der Waals surface area contributed by atoms with Gasteiger partial charge in [-0.25, -0.2) is 4.79 Å². The Bertz CT molecular complexity index is 355. The third-order valence-electron chi connectivity index (χ3n) is 3.30. The number of nitrogens with zero attached hydrogens (tertiary/aromatic N) is 1. The van der Waals surface area contributed by atoms with Crippen molar-refractivity contribution in [2.24, 2.45) is 0 Å². The largest absolute Gasteiger partial charge is 0.444 e. The first-order valence-corrected chi connectivity index (χ1v) is 6.98. The Labute approximate surface area is 120 Å². The molecule has 1 aliphatic rings. The second-order valence-electron chi connectivity index (χ2n) is 6.38. The number of carbonyl (C=O) groups excluding carboxylic acids is 2. The summed E-state index contributed by atoms with van der Waals surface area (Å²) in [6.45, 7) is 8.75. The van der Waals surface area contributed by atoms with E-state index < -0.39 is 5.60 Å². The van der Waals surface area contributed by atoms with Gasteiger partial charge in [-0.2, -0.15) is 0 Å². The van der Waals surface area contributed by atoms with Gasteiger partial charge in [0, 0.05) is 20.1 Å². The summed E-state index contributed by atoms with van der Waals surface area (Å²) in [6.07, 6.45) is 1.11. The van der Waals surface area contributed by atoms with Gasteiger partial charge in [0.1, 0.15) is 12.2 Å². The van der Waals surface area contributed by atoms with Crippen LogP contribution in [0.4, 0.5) is 4.79 Å². The molecule has 0 saturated carbocycles. The van der Waals surface area contributed by atoms with Gasteiger partial charge < -0.3 is 19.7 Å². The third kappa shape index (κ3) is 5.36. The van der Waals surface area contributed by atoms with Crippen molar-refractivity contribution in [1.82, 2.24) is 10.2 Å². The summed E-state index contributed by atoms with van der Waals surface area (Å²) < 4.78 is 11.0. The molecule has 2 amide bonds. The Hall–Kier alpha value is -1.30. The van der Waals surface area contributed by atoms with Crippen molar-refractivity contribution in [2.45, 2.75) is 51.7 Å². The van der Waals surface area contributed by atoms with Gasteiger partial charge in [0.05, 0.1) is 5.60 Å². The van der Waals surface area contributed by atoms with Gasteiger partial charge >= 0.3 is 6.09 Å². The third-order valence-corrected chi connectivity index (χ3v) is 3.30. The summed E-state index contributed by atoms with van der Waals surface area (Å²) in [6, 6.07) is 0. The molecule has 20 heavy (non-hydrogen) atoms. The molecule has 1 fully saturated rings. The summed E-state index contributed by atoms with van der Waals surface area (Å²) in [5.41, 5.74) is -0.835. The van der Waals surface area contributed by atoms with Gasteiger partial charge in [0.2, 0.25) is 5.91 Å². The van der Waals surface area contributed by atoms with E-state index >= 15 is 0 Å². The second kappa shape index (κ2) is 6.43. The summed E-state index contributed by atoms with van der Waals surface area (Å²) >= 11 is 0. The Morgan fingerprint density at radius 2 is 1.80 bits per heavy atom. The first-order chi connectivity index (χ1) is 9.15. The van der Waals surface area contributed by atoms with Gasteiger partial charge in [0.15, 0.2) is 0 Å². The van der Waals surface area contributed by atoms with Crippen LogP contribution in [0.3, 0.4) is 0 Å². The van der Waals surface area contributed by atoms with Crippen LogP contribution in [0.25, 0.3) is 0 Å². The van der Waals surface area contributed by atoms with Crippen molar-refractivity contribution in [3.8, 4) is 0 Å². The number of piperidine rings is 1. The highest BCUT2D eigenvalue weighted by Crippen LogP contribution is 2.26. The molecular formula is C14H26N2O4. The molecule has 0 aliphatic carbocycles. The molecule has 1 rings (SSSR count). The van der Waals surface area contributed by atoms with Gasteiger partial charge in [-0.1, -0.05) is 0 Å². The average molecular weight is 286 g/mol. The minimum atomic E-state index is -0.479. The zero-order valence-electron chi connectivity index (χ0n) is 13.1. The molecule has 0 atom stereocenters. The van der Waals surface area contributed by atoms with E-state index in [0.717, 1.165) is 0 Å². The van der Waals surface area contributed by atoms with Gasteiger partial charge in [0.25, 0.3) is 0 Å². The van der Waals surface area contributed by atoms with Crippen LogP contribution in [-0.2, 0) is 14.3 Å². The number of ether oxygens (including phenoxy) is 2. The zero-order chi connectivity index (χ0) is 15.4. The molecule has 0 aromatic heterocycles. The lowest BCUT2D eigenvalue weighted by Crippen LogP contribution is -2.48. The number of hydrogen-bond donors (Lipinski definition) is 1. The van der Waals surface area contributed by atoms with E-state index in [1.165, 1.54) is 0 Å². The molecular weight excluding hydrogens is 260 g/mol. The molecule has 0 aromatic carbocycles. The highest BCUT2D eigenvalue weighted by atomic mass is 16.6. The molecule has 116 valence electrons. The Balaban J connectivity index is 2.42. The van der Waals surface area contributed by atoms with E-state index in [9.17, 15) is 9.59 Å². The van der Waals surface area contributed by atoms with E-state index in [0.29, 0.717) is 25.9 Å². The highest BCUT2D eigenvalue weighted by molar-refractivity contribution is 5.76. The minimum absolute atomic E-state index is 0.0550. The Morgan fingerprint density at radius 3 is 2.25 bits per heavy atom. The molecule has 0 unspecified atom stereocenters. The minimum Gasteiger partial charge on any atom is -0.444 e. The first-order valence-electron chi connectivity index (χ1n) is 6.98. The van der Waals surface area contributed by atoms with Crippen LogP contribution in [0, 0.1) is 0 Å². The molecule has 0 bridgehead atoms. The SMILES string of the molecule is CNC(=O)COC1(C)CCN(C(=O)OC(C)(C)C)CC1. The molecule has 0 aromatic rings. The average Bonchev–Trinajstić information content (AvgIpc) is 2.34. The zero-order valence-corrected chi connectivity index (χ0v) is 13.1. The molecule has 1 aliphatic heterocycles. The van der Waals surface area contributed by atoms with Crippen molar-refractivity contribution < 1.29 is 19.1 Å². The summed E-state index contributed by atoms with van der Waals surface area (Å²) in [7, 11) is 1.58. The van der Waals surface area contributed by atoms with Gasteiger partial charge in [-0.15, -0.1) is 0 Å². The topological polar surface area (TPSA) is 67.9 Å². The lowest BCUT2D eigenvalue weighted by Gasteiger charge is -2.39. The maximum Gasteiger partial charge on any atom is 0.410 e. The fourth-order valence-electron chi connectivity index (χ4n) is 1.95. The molecule has 6 nitrogen and oxygen atoms in total. The van der Waals surface area contributed by atoms with Crippen LogP contribution in [0.15, 0.2) is 0 Å². The Morgan fingerprint density at radius 1 is 1.25 bits per heavy atom. The van der Waals surface area contributed by atoms with Crippen LogP contribution in [0.2, 0.25) is 0 Å². The molecule has 6 heteroatoms. The fraction of sp³-hybridized carbons (Fsp3) is 0.857. The smallest absolute Gasteiger partial charge is 0.410 e. The number of likely N-dealkylation sites (tertiary alicyclic amines) is 1. The van der Waals surface area contributed by atoms with E-state index in [4.69, 9.17) is 9.47 Å². The highest BCUT2D eigenvalue weighted by Gasteiger charge is 2.34. The molecule has 0 radical (unpaired) electrons. The number of carbonyl (C=O) groups is 2. The maximum atomic E-state index is 11.9. The van der Waals surface area contributed by atoms with Crippen LogP contribution < -0.4 is 5.32 Å². The second-order valence-corrected chi connectivity index (χ2v) is 6.38. The van der Waals surface area contributed by atoms with Crippen molar-refractivity contribution in [3.63, 3.8) is 0 Å². The van der Waals surface area contributed by atoms with E-state index in [-0.39, 0.29) is 24.2 Å². The lowest BCUT2D eigenvalue weighted by molar-refractivity contribution is -0.135. The quantitative estimate of drug-likeness (QED) is 0.854. The van der Waals surface area contributed by atoms with Crippen LogP contribution >= 0.6 is 0 Å². The summed E-state index contributed by atoms with van der Waals surface area (Å²) in [4.78, 5) is 24.8. The predicted octanol–water partition coefficient (Wildman–Crippen LogP) is 1.54. The fourth-order valence-corrected chi connectivity index (χ4v) is 1.95. The normalized spacial score (nSPS) is 18.6. The Kier molecular flexibility index (Phi) is 5.39. The molecule has 1 N–H and O–H groups in total. The predicted molar refractivity (Wildman–Crippen MR) is 75.5 cm³/mol. The number of likely N-dealkylation sites (N-methyl/N-ethyl adjacent to an activating group) is 1.